The lowest BCUT2D eigenvalue weighted by Crippen LogP contribution is -2.43. The molecule has 5 rings (SSSR count). The largest absolute Gasteiger partial charge is 0.319 e. The minimum atomic E-state index is -1.48. The van der Waals surface area contributed by atoms with Gasteiger partial charge in [-0.1, -0.05) is 13.8 Å². The van der Waals surface area contributed by atoms with Crippen LogP contribution in [0.2, 0.25) is 0 Å². The molecular weight excluding hydrogens is 457 g/mol. The van der Waals surface area contributed by atoms with Gasteiger partial charge in [0.25, 0.3) is 5.91 Å². The number of halogens is 3. The van der Waals surface area contributed by atoms with E-state index >= 15 is 0 Å². The van der Waals surface area contributed by atoms with Crippen LogP contribution in [-0.2, 0) is 24.2 Å². The number of hydrogen-bond acceptors (Lipinski definition) is 5. The fourth-order valence-electron chi connectivity index (χ4n) is 4.59. The molecule has 2 aliphatic rings. The highest BCUT2D eigenvalue weighted by Gasteiger charge is 2.42. The molecule has 0 N–H and O–H groups in total. The van der Waals surface area contributed by atoms with E-state index in [4.69, 9.17) is 4.98 Å². The van der Waals surface area contributed by atoms with Crippen molar-refractivity contribution in [1.82, 2.24) is 19.7 Å². The van der Waals surface area contributed by atoms with Crippen LogP contribution < -0.4 is 9.80 Å². The van der Waals surface area contributed by atoms with Gasteiger partial charge in [-0.25, -0.2) is 23.1 Å². The second-order valence-electron chi connectivity index (χ2n) is 9.57. The van der Waals surface area contributed by atoms with Crippen LogP contribution in [0.15, 0.2) is 42.5 Å². The Morgan fingerprint density at radius 2 is 1.80 bits per heavy atom. The number of nitrogens with zero attached hydrogens (tertiary/aromatic N) is 6. The third kappa shape index (κ3) is 4.28. The Kier molecular flexibility index (Phi) is 5.61. The molecular formula is C25H25F3N6O. The van der Waals surface area contributed by atoms with Gasteiger partial charge in [-0.15, -0.1) is 0 Å². The summed E-state index contributed by atoms with van der Waals surface area (Å²) in [6.07, 6.45) is 8.33. The fourth-order valence-corrected chi connectivity index (χ4v) is 4.59. The summed E-state index contributed by atoms with van der Waals surface area (Å²) in [6.45, 7) is 7.43. The highest BCUT2D eigenvalue weighted by molar-refractivity contribution is 6.13. The van der Waals surface area contributed by atoms with Crippen LogP contribution >= 0.6 is 0 Å². The number of carbonyl (C=O) groups excluding carboxylic acids is 1. The van der Waals surface area contributed by atoms with Crippen LogP contribution in [0, 0.1) is 22.9 Å². The molecule has 0 aliphatic carbocycles. The van der Waals surface area contributed by atoms with Crippen LogP contribution in [0.1, 0.15) is 37.7 Å². The number of aromatic nitrogens is 4. The Morgan fingerprint density at radius 1 is 1.06 bits per heavy atom. The Balaban J connectivity index is 1.32. The van der Waals surface area contributed by atoms with Gasteiger partial charge in [0.2, 0.25) is 0 Å². The number of benzene rings is 1. The first-order valence-corrected chi connectivity index (χ1v) is 11.5. The zero-order valence-corrected chi connectivity index (χ0v) is 19.7. The zero-order valence-electron chi connectivity index (χ0n) is 19.7. The summed E-state index contributed by atoms with van der Waals surface area (Å²) >= 11 is 0. The molecule has 0 radical (unpaired) electrons. The van der Waals surface area contributed by atoms with E-state index in [0.717, 1.165) is 23.5 Å². The Bertz CT molecular complexity index is 1330. The molecule has 0 unspecified atom stereocenters. The summed E-state index contributed by atoms with van der Waals surface area (Å²) in [5.74, 6) is -2.57. The highest BCUT2D eigenvalue weighted by Crippen LogP contribution is 2.42. The molecule has 0 saturated carbocycles. The first-order chi connectivity index (χ1) is 16.6. The van der Waals surface area contributed by atoms with E-state index in [1.54, 1.807) is 28.2 Å². The molecule has 0 fully saturated rings. The monoisotopic (exact) mass is 482 g/mol. The molecule has 10 heteroatoms. The summed E-state index contributed by atoms with van der Waals surface area (Å²) in [4.78, 5) is 25.9. The van der Waals surface area contributed by atoms with Gasteiger partial charge >= 0.3 is 0 Å². The first kappa shape index (κ1) is 23.1. The van der Waals surface area contributed by atoms with E-state index in [9.17, 15) is 18.0 Å². The maximum absolute atomic E-state index is 13.5. The standard InChI is InChI=1S/C25H25F3N6O/c1-4-33-20-11-29-21(31-23(20)34-14-25(2,3)9-19(34)24(33)35)6-5-15-10-30-32(12-15)13-16-7-17(26)22(28)18(27)8-16/h7-12H,4-6,13-14H2,1-3H3. The molecule has 1 aromatic carbocycles. The maximum Gasteiger partial charge on any atom is 0.274 e. The van der Waals surface area contributed by atoms with Gasteiger partial charge in [0.05, 0.1) is 18.9 Å². The van der Waals surface area contributed by atoms with Crippen molar-refractivity contribution >= 4 is 17.4 Å². The van der Waals surface area contributed by atoms with E-state index in [1.165, 1.54) is 0 Å². The number of anilines is 2. The Hall–Kier alpha value is -3.69. The number of rotatable bonds is 6. The summed E-state index contributed by atoms with van der Waals surface area (Å²) in [5, 5.41) is 4.24. The SMILES string of the molecule is CCN1C(=O)C2=CC(C)(C)CN2c2nc(CCc3cnn(Cc4cc(F)c(F)c(F)c4)c3)ncc21. The molecule has 0 bridgehead atoms. The Labute approximate surface area is 200 Å². The second kappa shape index (κ2) is 8.51. The number of carbonyl (C=O) groups is 1. The molecule has 0 spiro atoms. The molecule has 0 atom stereocenters. The number of fused-ring (bicyclic) bond motifs is 3. The molecule has 0 saturated heterocycles. The van der Waals surface area contributed by atoms with Crippen LogP contribution in [-0.4, -0.2) is 38.7 Å². The smallest absolute Gasteiger partial charge is 0.274 e. The first-order valence-electron chi connectivity index (χ1n) is 11.5. The molecule has 3 aromatic rings. The molecule has 4 heterocycles. The van der Waals surface area contributed by atoms with Crippen LogP contribution in [0.4, 0.5) is 24.7 Å². The zero-order chi connectivity index (χ0) is 24.9. The second-order valence-corrected chi connectivity index (χ2v) is 9.57. The summed E-state index contributed by atoms with van der Waals surface area (Å²) in [5.41, 5.74) is 2.41. The average Bonchev–Trinajstić information content (AvgIpc) is 3.39. The highest BCUT2D eigenvalue weighted by atomic mass is 19.2. The van der Waals surface area contributed by atoms with E-state index in [2.05, 4.69) is 23.9 Å². The number of amides is 1. The van der Waals surface area contributed by atoms with Crippen molar-refractivity contribution in [2.75, 3.05) is 22.9 Å². The van der Waals surface area contributed by atoms with Gasteiger partial charge in [0.1, 0.15) is 17.2 Å². The number of likely N-dealkylation sites (N-methyl/N-ethyl adjacent to an activating group) is 1. The molecule has 2 aromatic heterocycles. The number of aryl methyl sites for hydroxylation is 2. The lowest BCUT2D eigenvalue weighted by Gasteiger charge is -2.35. The van der Waals surface area contributed by atoms with Crippen LogP contribution in [0.25, 0.3) is 0 Å². The van der Waals surface area contributed by atoms with Gasteiger partial charge < -0.3 is 9.80 Å². The molecule has 7 nitrogen and oxygen atoms in total. The normalized spacial score (nSPS) is 16.4. The third-order valence-corrected chi connectivity index (χ3v) is 6.22. The van der Waals surface area contributed by atoms with E-state index in [0.29, 0.717) is 43.1 Å². The molecule has 35 heavy (non-hydrogen) atoms. The summed E-state index contributed by atoms with van der Waals surface area (Å²) < 4.78 is 41.7. The van der Waals surface area contributed by atoms with Gasteiger partial charge in [-0.05, 0) is 42.7 Å². The van der Waals surface area contributed by atoms with Gasteiger partial charge in [0, 0.05) is 31.1 Å². The predicted molar refractivity (Wildman–Crippen MR) is 124 cm³/mol. The van der Waals surface area contributed by atoms with Crippen molar-refractivity contribution < 1.29 is 18.0 Å². The topological polar surface area (TPSA) is 67.2 Å². The summed E-state index contributed by atoms with van der Waals surface area (Å²) in [6, 6.07) is 1.93. The van der Waals surface area contributed by atoms with Crippen molar-refractivity contribution in [3.63, 3.8) is 0 Å². The predicted octanol–water partition coefficient (Wildman–Crippen LogP) is 4.02. The van der Waals surface area contributed by atoms with Crippen molar-refractivity contribution in [3.8, 4) is 0 Å². The van der Waals surface area contributed by atoms with Crippen LogP contribution in [0.5, 0.6) is 0 Å². The lowest BCUT2D eigenvalue weighted by atomic mass is 9.95. The average molecular weight is 483 g/mol. The Morgan fingerprint density at radius 3 is 2.51 bits per heavy atom. The minimum Gasteiger partial charge on any atom is -0.319 e. The van der Waals surface area contributed by atoms with Crippen LogP contribution in [0.3, 0.4) is 0 Å². The van der Waals surface area contributed by atoms with E-state index in [1.807, 2.05) is 17.9 Å². The quantitative estimate of drug-likeness (QED) is 0.497. The van der Waals surface area contributed by atoms with E-state index in [-0.39, 0.29) is 23.4 Å². The minimum absolute atomic E-state index is 0.0322. The summed E-state index contributed by atoms with van der Waals surface area (Å²) in [7, 11) is 0. The van der Waals surface area contributed by atoms with Gasteiger partial charge in [-0.2, -0.15) is 5.10 Å². The van der Waals surface area contributed by atoms with Crippen molar-refractivity contribution in [3.05, 3.63) is 76.9 Å². The number of hydrogen-bond donors (Lipinski definition) is 0. The molecule has 182 valence electrons. The fraction of sp³-hybridized carbons (Fsp3) is 0.360. The van der Waals surface area contributed by atoms with Gasteiger partial charge in [0.15, 0.2) is 23.3 Å². The van der Waals surface area contributed by atoms with Crippen molar-refractivity contribution in [2.24, 2.45) is 5.41 Å². The van der Waals surface area contributed by atoms with Crippen molar-refractivity contribution in [1.29, 1.82) is 0 Å². The van der Waals surface area contributed by atoms with E-state index < -0.39 is 17.5 Å². The van der Waals surface area contributed by atoms with Crippen molar-refractivity contribution in [2.45, 2.75) is 40.2 Å². The lowest BCUT2D eigenvalue weighted by molar-refractivity contribution is -0.115. The molecule has 2 aliphatic heterocycles. The van der Waals surface area contributed by atoms with Gasteiger partial charge in [-0.3, -0.25) is 9.48 Å². The maximum atomic E-state index is 13.5. The third-order valence-electron chi connectivity index (χ3n) is 6.22. The molecule has 1 amide bonds.